The van der Waals surface area contributed by atoms with Gasteiger partial charge in [0.15, 0.2) is 0 Å². The van der Waals surface area contributed by atoms with Crippen LogP contribution in [0.15, 0.2) is 34.9 Å². The molecule has 90 valence electrons. The van der Waals surface area contributed by atoms with E-state index in [9.17, 15) is 0 Å². The first-order valence-electron chi connectivity index (χ1n) is 5.49. The summed E-state index contributed by atoms with van der Waals surface area (Å²) in [6, 6.07) is 8.58. The lowest BCUT2D eigenvalue weighted by Gasteiger charge is -2.13. The Morgan fingerprint density at radius 3 is 2.94 bits per heavy atom. The molecule has 1 N–H and O–H groups in total. The zero-order valence-electron chi connectivity index (χ0n) is 9.89. The number of halogens is 1. The molecule has 0 saturated carbocycles. The summed E-state index contributed by atoms with van der Waals surface area (Å²) in [5.74, 6) is 0. The molecule has 1 aromatic carbocycles. The lowest BCUT2D eigenvalue weighted by molar-refractivity contribution is 0.567. The average Bonchev–Trinajstić information content (AvgIpc) is 2.72. The predicted molar refractivity (Wildman–Crippen MR) is 70.4 cm³/mol. The summed E-state index contributed by atoms with van der Waals surface area (Å²) in [6.07, 6.45) is 1.92. The predicted octanol–water partition coefficient (Wildman–Crippen LogP) is 2.43. The SMILES string of the molecule is C[C@@H](NCc1cn(C)nn1)c1cccc(Br)c1. The van der Waals surface area contributed by atoms with Crippen molar-refractivity contribution in [2.24, 2.45) is 7.05 Å². The van der Waals surface area contributed by atoms with Gasteiger partial charge in [-0.3, -0.25) is 4.68 Å². The lowest BCUT2D eigenvalue weighted by atomic mass is 10.1. The molecule has 1 heterocycles. The number of aryl methyl sites for hydroxylation is 1. The average molecular weight is 295 g/mol. The number of aromatic nitrogens is 3. The molecule has 1 aromatic heterocycles. The van der Waals surface area contributed by atoms with Gasteiger partial charge in [-0.1, -0.05) is 33.3 Å². The Morgan fingerprint density at radius 2 is 2.29 bits per heavy atom. The molecule has 17 heavy (non-hydrogen) atoms. The van der Waals surface area contributed by atoms with Crippen LogP contribution in [-0.2, 0) is 13.6 Å². The van der Waals surface area contributed by atoms with Crippen molar-refractivity contribution in [3.8, 4) is 0 Å². The molecule has 0 spiro atoms. The van der Waals surface area contributed by atoms with Gasteiger partial charge in [-0.2, -0.15) is 0 Å². The Labute approximate surface area is 109 Å². The van der Waals surface area contributed by atoms with Gasteiger partial charge < -0.3 is 5.32 Å². The summed E-state index contributed by atoms with van der Waals surface area (Å²) in [5.41, 5.74) is 2.21. The molecular weight excluding hydrogens is 280 g/mol. The van der Waals surface area contributed by atoms with Crippen molar-refractivity contribution < 1.29 is 0 Å². The van der Waals surface area contributed by atoms with Gasteiger partial charge in [0.2, 0.25) is 0 Å². The van der Waals surface area contributed by atoms with E-state index in [4.69, 9.17) is 0 Å². The molecule has 2 rings (SSSR count). The third-order valence-corrected chi connectivity index (χ3v) is 3.08. The first kappa shape index (κ1) is 12.3. The topological polar surface area (TPSA) is 42.7 Å². The molecule has 4 nitrogen and oxygen atoms in total. The lowest BCUT2D eigenvalue weighted by Crippen LogP contribution is -2.18. The monoisotopic (exact) mass is 294 g/mol. The molecule has 5 heteroatoms. The van der Waals surface area contributed by atoms with E-state index in [1.165, 1.54) is 5.56 Å². The van der Waals surface area contributed by atoms with Crippen LogP contribution in [0.5, 0.6) is 0 Å². The van der Waals surface area contributed by atoms with E-state index in [1.54, 1.807) is 4.68 Å². The molecule has 0 aliphatic rings. The second kappa shape index (κ2) is 5.42. The fourth-order valence-electron chi connectivity index (χ4n) is 1.63. The Morgan fingerprint density at radius 1 is 1.47 bits per heavy atom. The van der Waals surface area contributed by atoms with E-state index in [0.29, 0.717) is 0 Å². The molecule has 2 aromatic rings. The zero-order chi connectivity index (χ0) is 12.3. The highest BCUT2D eigenvalue weighted by Gasteiger charge is 2.06. The van der Waals surface area contributed by atoms with Crippen molar-refractivity contribution in [2.75, 3.05) is 0 Å². The Kier molecular flexibility index (Phi) is 3.91. The van der Waals surface area contributed by atoms with Crippen LogP contribution in [0.1, 0.15) is 24.2 Å². The van der Waals surface area contributed by atoms with E-state index >= 15 is 0 Å². The molecule has 0 aliphatic heterocycles. The van der Waals surface area contributed by atoms with Crippen molar-refractivity contribution in [3.63, 3.8) is 0 Å². The highest BCUT2D eigenvalue weighted by molar-refractivity contribution is 9.10. The first-order chi connectivity index (χ1) is 8.15. The van der Waals surface area contributed by atoms with Crippen LogP contribution in [0.3, 0.4) is 0 Å². The number of hydrogen-bond acceptors (Lipinski definition) is 3. The number of hydrogen-bond donors (Lipinski definition) is 1. The molecule has 0 radical (unpaired) electrons. The summed E-state index contributed by atoms with van der Waals surface area (Å²) in [7, 11) is 1.87. The van der Waals surface area contributed by atoms with Gasteiger partial charge in [0, 0.05) is 30.3 Å². The Hall–Kier alpha value is -1.20. The van der Waals surface area contributed by atoms with Crippen LogP contribution in [0.2, 0.25) is 0 Å². The zero-order valence-corrected chi connectivity index (χ0v) is 11.5. The fraction of sp³-hybridized carbons (Fsp3) is 0.333. The minimum absolute atomic E-state index is 0.287. The van der Waals surface area contributed by atoms with Crippen LogP contribution in [0.25, 0.3) is 0 Å². The summed E-state index contributed by atoms with van der Waals surface area (Å²) in [6.45, 7) is 2.86. The standard InChI is InChI=1S/C12H15BrN4/c1-9(10-4-3-5-11(13)6-10)14-7-12-8-17(2)16-15-12/h3-6,8-9,14H,7H2,1-2H3/t9-/m1/s1. The third-order valence-electron chi connectivity index (χ3n) is 2.59. The van der Waals surface area contributed by atoms with Gasteiger partial charge in [0.05, 0.1) is 5.69 Å². The van der Waals surface area contributed by atoms with E-state index in [-0.39, 0.29) is 6.04 Å². The molecule has 0 bridgehead atoms. The minimum Gasteiger partial charge on any atom is -0.304 e. The van der Waals surface area contributed by atoms with Gasteiger partial charge in [-0.25, -0.2) is 0 Å². The van der Waals surface area contributed by atoms with Crippen LogP contribution in [-0.4, -0.2) is 15.0 Å². The van der Waals surface area contributed by atoms with E-state index < -0.39 is 0 Å². The summed E-state index contributed by atoms with van der Waals surface area (Å²) >= 11 is 3.48. The molecule has 0 amide bonds. The molecule has 0 unspecified atom stereocenters. The summed E-state index contributed by atoms with van der Waals surface area (Å²) < 4.78 is 2.81. The second-order valence-electron chi connectivity index (χ2n) is 4.04. The van der Waals surface area contributed by atoms with Crippen molar-refractivity contribution in [3.05, 3.63) is 46.2 Å². The van der Waals surface area contributed by atoms with Crippen LogP contribution >= 0.6 is 15.9 Å². The summed E-state index contributed by atoms with van der Waals surface area (Å²) in [5, 5.41) is 11.4. The Bertz CT molecular complexity index is 495. The van der Waals surface area contributed by atoms with Gasteiger partial charge in [0.25, 0.3) is 0 Å². The van der Waals surface area contributed by atoms with Crippen molar-refractivity contribution in [2.45, 2.75) is 19.5 Å². The normalized spacial score (nSPS) is 12.6. The maximum Gasteiger partial charge on any atom is 0.0964 e. The molecule has 0 saturated heterocycles. The van der Waals surface area contributed by atoms with Crippen molar-refractivity contribution in [1.82, 2.24) is 20.3 Å². The number of rotatable bonds is 4. The maximum atomic E-state index is 4.04. The van der Waals surface area contributed by atoms with Gasteiger partial charge in [-0.15, -0.1) is 5.10 Å². The fourth-order valence-corrected chi connectivity index (χ4v) is 2.04. The van der Waals surface area contributed by atoms with Crippen molar-refractivity contribution in [1.29, 1.82) is 0 Å². The largest absolute Gasteiger partial charge is 0.304 e. The number of benzene rings is 1. The van der Waals surface area contributed by atoms with E-state index in [1.807, 2.05) is 25.4 Å². The van der Waals surface area contributed by atoms with Crippen LogP contribution in [0, 0.1) is 0 Å². The van der Waals surface area contributed by atoms with E-state index in [2.05, 4.69) is 50.6 Å². The number of nitrogens with zero attached hydrogens (tertiary/aromatic N) is 3. The van der Waals surface area contributed by atoms with Gasteiger partial charge in [-0.05, 0) is 24.6 Å². The molecule has 0 fully saturated rings. The maximum absolute atomic E-state index is 4.04. The highest BCUT2D eigenvalue weighted by atomic mass is 79.9. The highest BCUT2D eigenvalue weighted by Crippen LogP contribution is 2.17. The van der Waals surface area contributed by atoms with Crippen LogP contribution in [0.4, 0.5) is 0 Å². The number of nitrogens with one attached hydrogen (secondary N) is 1. The van der Waals surface area contributed by atoms with Crippen LogP contribution < -0.4 is 5.32 Å². The van der Waals surface area contributed by atoms with Gasteiger partial charge in [0.1, 0.15) is 0 Å². The minimum atomic E-state index is 0.287. The molecule has 0 aliphatic carbocycles. The van der Waals surface area contributed by atoms with Crippen molar-refractivity contribution >= 4 is 15.9 Å². The van der Waals surface area contributed by atoms with Gasteiger partial charge >= 0.3 is 0 Å². The quantitative estimate of drug-likeness (QED) is 0.942. The molecular formula is C12H15BrN4. The smallest absolute Gasteiger partial charge is 0.0964 e. The first-order valence-corrected chi connectivity index (χ1v) is 6.28. The van der Waals surface area contributed by atoms with E-state index in [0.717, 1.165) is 16.7 Å². The molecule has 1 atom stereocenters. The third kappa shape index (κ3) is 3.38. The Balaban J connectivity index is 1.95. The second-order valence-corrected chi connectivity index (χ2v) is 4.96. The summed E-state index contributed by atoms with van der Waals surface area (Å²) in [4.78, 5) is 0.